The maximum absolute atomic E-state index is 11.4. The van der Waals surface area contributed by atoms with E-state index in [-0.39, 0.29) is 26.1 Å². The zero-order valence-corrected chi connectivity index (χ0v) is 30.4. The Kier molecular flexibility index (Phi) is 40.6. The van der Waals surface area contributed by atoms with Gasteiger partial charge < -0.3 is 61.9 Å². The smallest absolute Gasteiger partial charge is 0.372 e. The maximum Gasteiger partial charge on any atom is 0.372 e. The van der Waals surface area contributed by atoms with Gasteiger partial charge in [-0.15, -0.1) is 11.6 Å². The van der Waals surface area contributed by atoms with Crippen molar-refractivity contribution in [2.45, 2.75) is 38.5 Å². The number of esters is 1. The number of unbranched alkanes of at least 4 members (excludes halogenated alkanes) is 3. The highest BCUT2D eigenvalue weighted by molar-refractivity contribution is 6.32. The van der Waals surface area contributed by atoms with Crippen LogP contribution in [-0.2, 0) is 71.2 Å². The van der Waals surface area contributed by atoms with E-state index in [1.807, 2.05) is 0 Å². The molecule has 16 nitrogen and oxygen atoms in total. The summed E-state index contributed by atoms with van der Waals surface area (Å²) in [5.74, 6) is -2.50. The van der Waals surface area contributed by atoms with Gasteiger partial charge in [-0.1, -0.05) is 12.8 Å². The van der Waals surface area contributed by atoms with Crippen molar-refractivity contribution in [2.24, 2.45) is 0 Å². The SMILES string of the molecule is O=C(CCC(=O)C(=O)O)OCCOCCOCCOCCOCCOCCOCCOCCOCCOCCOCCOCCCCCCCl. The molecule has 0 aromatic carbocycles. The average molecular weight is 749 g/mol. The van der Waals surface area contributed by atoms with Gasteiger partial charge in [0.25, 0.3) is 0 Å². The van der Waals surface area contributed by atoms with Gasteiger partial charge in [-0.3, -0.25) is 9.59 Å². The van der Waals surface area contributed by atoms with Crippen molar-refractivity contribution in [3.8, 4) is 0 Å². The fraction of sp³-hybridized carbons (Fsp3) is 0.909. The van der Waals surface area contributed by atoms with E-state index in [9.17, 15) is 14.4 Å². The summed E-state index contributed by atoms with van der Waals surface area (Å²) in [7, 11) is 0. The molecule has 0 amide bonds. The number of ether oxygens (including phenoxy) is 12. The second kappa shape index (κ2) is 41.9. The molecule has 0 radical (unpaired) electrons. The van der Waals surface area contributed by atoms with Gasteiger partial charge in [-0.25, -0.2) is 4.79 Å². The fourth-order valence-corrected chi connectivity index (χ4v) is 3.75. The predicted octanol–water partition coefficient (Wildman–Crippen LogP) is 1.95. The van der Waals surface area contributed by atoms with E-state index in [1.165, 1.54) is 0 Å². The molecule has 0 rings (SSSR count). The van der Waals surface area contributed by atoms with Crippen LogP contribution in [0.4, 0.5) is 0 Å². The normalized spacial score (nSPS) is 11.3. The van der Waals surface area contributed by atoms with Gasteiger partial charge >= 0.3 is 11.9 Å². The summed E-state index contributed by atoms with van der Waals surface area (Å²) in [4.78, 5) is 32.6. The molecule has 0 atom stereocenters. The van der Waals surface area contributed by atoms with Crippen LogP contribution in [0, 0.1) is 0 Å². The predicted molar refractivity (Wildman–Crippen MR) is 181 cm³/mol. The molecule has 0 heterocycles. The van der Waals surface area contributed by atoms with E-state index in [0.717, 1.165) is 38.2 Å². The fourth-order valence-electron chi connectivity index (χ4n) is 3.56. The maximum atomic E-state index is 11.4. The summed E-state index contributed by atoms with van der Waals surface area (Å²) in [6.07, 6.45) is 3.80. The molecule has 50 heavy (non-hydrogen) atoms. The molecule has 0 aromatic rings. The highest BCUT2D eigenvalue weighted by Gasteiger charge is 2.14. The van der Waals surface area contributed by atoms with Crippen molar-refractivity contribution in [3.63, 3.8) is 0 Å². The Balaban J connectivity index is 3.11. The third-order valence-corrected chi connectivity index (χ3v) is 6.45. The number of ketones is 1. The molecule has 0 fully saturated rings. The number of aliphatic carboxylic acids is 1. The number of carbonyl (C=O) groups is 3. The first-order valence-electron chi connectivity index (χ1n) is 17.4. The van der Waals surface area contributed by atoms with Crippen molar-refractivity contribution >= 4 is 29.3 Å². The molecule has 296 valence electrons. The number of halogens is 1. The standard InChI is InChI=1S/C33H61ClO16/c34-7-3-1-2-4-8-39-9-10-40-11-12-41-13-14-42-15-16-43-17-18-44-19-20-45-21-22-46-23-24-47-25-26-48-27-28-49-29-30-50-32(36)6-5-31(35)33(37)38/h1-30H2,(H,37,38). The molecule has 0 bridgehead atoms. The largest absolute Gasteiger partial charge is 0.476 e. The zero-order chi connectivity index (χ0) is 36.4. The molecular weight excluding hydrogens is 688 g/mol. The number of hydrogen-bond donors (Lipinski definition) is 1. The van der Waals surface area contributed by atoms with Crippen LogP contribution in [0.3, 0.4) is 0 Å². The van der Waals surface area contributed by atoms with Crippen molar-refractivity contribution in [2.75, 3.05) is 158 Å². The molecule has 0 unspecified atom stereocenters. The second-order valence-electron chi connectivity index (χ2n) is 10.3. The lowest BCUT2D eigenvalue weighted by Gasteiger charge is -2.09. The summed E-state index contributed by atoms with van der Waals surface area (Å²) < 4.78 is 64.6. The zero-order valence-electron chi connectivity index (χ0n) is 29.7. The molecule has 0 aromatic heterocycles. The Labute approximate surface area is 301 Å². The number of carboxylic acid groups (broad SMARTS) is 1. The van der Waals surface area contributed by atoms with Crippen LogP contribution in [0.2, 0.25) is 0 Å². The molecule has 17 heteroatoms. The van der Waals surface area contributed by atoms with Crippen LogP contribution in [0.25, 0.3) is 0 Å². The molecule has 0 aliphatic rings. The third kappa shape index (κ3) is 40.9. The van der Waals surface area contributed by atoms with Gasteiger partial charge in [0.1, 0.15) is 6.61 Å². The first kappa shape index (κ1) is 48.5. The Hall–Kier alpha value is -1.54. The topological polar surface area (TPSA) is 182 Å². The van der Waals surface area contributed by atoms with E-state index < -0.39 is 17.7 Å². The van der Waals surface area contributed by atoms with Crippen molar-refractivity contribution in [1.82, 2.24) is 0 Å². The summed E-state index contributed by atoms with van der Waals surface area (Å²) in [5, 5.41) is 8.45. The van der Waals surface area contributed by atoms with E-state index >= 15 is 0 Å². The highest BCUT2D eigenvalue weighted by Crippen LogP contribution is 2.01. The van der Waals surface area contributed by atoms with Gasteiger partial charge in [0, 0.05) is 18.9 Å². The van der Waals surface area contributed by atoms with Crippen LogP contribution in [-0.4, -0.2) is 181 Å². The Bertz CT molecular complexity index is 749. The summed E-state index contributed by atoms with van der Waals surface area (Å²) in [5.41, 5.74) is 0. The first-order chi connectivity index (χ1) is 24.6. The van der Waals surface area contributed by atoms with E-state index in [4.69, 9.17) is 73.5 Å². The summed E-state index contributed by atoms with van der Waals surface area (Å²) in [6.45, 7) is 10.4. The Morgan fingerprint density at radius 2 is 0.640 bits per heavy atom. The molecule has 0 aliphatic heterocycles. The van der Waals surface area contributed by atoms with Gasteiger partial charge in [0.15, 0.2) is 0 Å². The number of Topliss-reactive ketones (excluding diaryl/α,β-unsaturated/α-hetero) is 1. The summed E-state index contributed by atoms with van der Waals surface area (Å²) in [6, 6.07) is 0. The minimum Gasteiger partial charge on any atom is -0.476 e. The monoisotopic (exact) mass is 748 g/mol. The highest BCUT2D eigenvalue weighted by atomic mass is 35.5. The number of carbonyl (C=O) groups excluding carboxylic acids is 2. The van der Waals surface area contributed by atoms with Gasteiger partial charge in [0.2, 0.25) is 5.78 Å². The van der Waals surface area contributed by atoms with Crippen LogP contribution < -0.4 is 0 Å². The van der Waals surface area contributed by atoms with Crippen LogP contribution >= 0.6 is 11.6 Å². The van der Waals surface area contributed by atoms with E-state index in [0.29, 0.717) is 132 Å². The number of rotatable bonds is 43. The van der Waals surface area contributed by atoms with Crippen LogP contribution in [0.1, 0.15) is 38.5 Å². The number of alkyl halides is 1. The lowest BCUT2D eigenvalue weighted by Crippen LogP contribution is -2.17. The molecule has 0 spiro atoms. The van der Waals surface area contributed by atoms with Gasteiger partial charge in [-0.2, -0.15) is 0 Å². The van der Waals surface area contributed by atoms with E-state index in [1.54, 1.807) is 0 Å². The average Bonchev–Trinajstić information content (AvgIpc) is 3.11. The Morgan fingerprint density at radius 1 is 0.360 bits per heavy atom. The first-order valence-corrected chi connectivity index (χ1v) is 17.9. The van der Waals surface area contributed by atoms with Gasteiger partial charge in [-0.05, 0) is 12.8 Å². The second-order valence-corrected chi connectivity index (χ2v) is 10.7. The molecule has 0 aliphatic carbocycles. The van der Waals surface area contributed by atoms with Crippen molar-refractivity contribution < 1.29 is 76.3 Å². The minimum absolute atomic E-state index is 0.0133. The Morgan fingerprint density at radius 3 is 0.940 bits per heavy atom. The lowest BCUT2D eigenvalue weighted by molar-refractivity contribution is -0.151. The van der Waals surface area contributed by atoms with Gasteiger partial charge in [0.05, 0.1) is 145 Å². The number of hydrogen-bond acceptors (Lipinski definition) is 15. The number of carboxylic acids is 1. The molecular formula is C33H61ClO16. The molecule has 0 saturated heterocycles. The van der Waals surface area contributed by atoms with Crippen molar-refractivity contribution in [1.29, 1.82) is 0 Å². The molecule has 0 saturated carbocycles. The van der Waals surface area contributed by atoms with Crippen molar-refractivity contribution in [3.05, 3.63) is 0 Å². The molecule has 1 N–H and O–H groups in total. The minimum atomic E-state index is -1.56. The third-order valence-electron chi connectivity index (χ3n) is 6.18. The quantitative estimate of drug-likeness (QED) is 0.0413. The van der Waals surface area contributed by atoms with E-state index in [2.05, 4.69) is 0 Å². The summed E-state index contributed by atoms with van der Waals surface area (Å²) >= 11 is 5.65. The van der Waals surface area contributed by atoms with Crippen LogP contribution in [0.5, 0.6) is 0 Å². The van der Waals surface area contributed by atoms with Crippen LogP contribution in [0.15, 0.2) is 0 Å². The lowest BCUT2D eigenvalue weighted by atomic mass is 10.2.